The molecule has 18 heavy (non-hydrogen) atoms. The Labute approximate surface area is 105 Å². The summed E-state index contributed by atoms with van der Waals surface area (Å²) in [5, 5.41) is 2.98. The van der Waals surface area contributed by atoms with Crippen molar-refractivity contribution in [3.05, 3.63) is 34.9 Å². The molecule has 0 saturated heterocycles. The largest absolute Gasteiger partial charge is 0.411 e. The van der Waals surface area contributed by atoms with Crippen LogP contribution < -0.4 is 5.32 Å². The number of benzene rings is 1. The van der Waals surface area contributed by atoms with Crippen LogP contribution in [-0.4, -0.2) is 26.4 Å². The fourth-order valence-corrected chi connectivity index (χ4v) is 1.77. The Morgan fingerprint density at radius 3 is 2.50 bits per heavy atom. The van der Waals surface area contributed by atoms with Gasteiger partial charge in [-0.2, -0.15) is 13.2 Å². The zero-order valence-corrected chi connectivity index (χ0v) is 10.8. The van der Waals surface area contributed by atoms with Gasteiger partial charge in [0.2, 0.25) is 0 Å². The van der Waals surface area contributed by atoms with Crippen molar-refractivity contribution in [2.45, 2.75) is 26.1 Å². The molecule has 0 radical (unpaired) electrons. The first-order valence-electron chi connectivity index (χ1n) is 5.73. The molecule has 2 nitrogen and oxygen atoms in total. The van der Waals surface area contributed by atoms with Crippen LogP contribution in [0.4, 0.5) is 13.2 Å². The van der Waals surface area contributed by atoms with Gasteiger partial charge in [0, 0.05) is 0 Å². The highest BCUT2D eigenvalue weighted by atomic mass is 19.4. The van der Waals surface area contributed by atoms with Crippen molar-refractivity contribution in [3.63, 3.8) is 0 Å². The standard InChI is InChI=1S/C13H18F3NO/c1-9-5-4-6-11(10(9)2)12(17-3)7-18-8-13(14,15)16/h4-6,12,17H,7-8H2,1-3H3. The van der Waals surface area contributed by atoms with Crippen LogP contribution in [0.25, 0.3) is 0 Å². The summed E-state index contributed by atoms with van der Waals surface area (Å²) < 4.78 is 40.7. The summed E-state index contributed by atoms with van der Waals surface area (Å²) >= 11 is 0. The summed E-state index contributed by atoms with van der Waals surface area (Å²) in [6.07, 6.45) is -4.28. The van der Waals surface area contributed by atoms with Crippen LogP contribution in [0.15, 0.2) is 18.2 Å². The van der Waals surface area contributed by atoms with Crippen LogP contribution in [0.3, 0.4) is 0 Å². The normalized spacial score (nSPS) is 13.7. The second-order valence-electron chi connectivity index (χ2n) is 4.26. The molecule has 1 aromatic carbocycles. The van der Waals surface area contributed by atoms with Crippen molar-refractivity contribution in [2.75, 3.05) is 20.3 Å². The van der Waals surface area contributed by atoms with Crippen molar-refractivity contribution < 1.29 is 17.9 Å². The first kappa shape index (κ1) is 15.0. The number of nitrogens with one attached hydrogen (secondary N) is 1. The van der Waals surface area contributed by atoms with Crippen LogP contribution in [0, 0.1) is 13.8 Å². The zero-order valence-electron chi connectivity index (χ0n) is 10.8. The maximum atomic E-state index is 12.0. The number of likely N-dealkylation sites (N-methyl/N-ethyl adjacent to an activating group) is 1. The number of rotatable bonds is 5. The lowest BCUT2D eigenvalue weighted by Crippen LogP contribution is -2.26. The van der Waals surface area contributed by atoms with Gasteiger partial charge in [-0.3, -0.25) is 0 Å². The highest BCUT2D eigenvalue weighted by Gasteiger charge is 2.28. The Bertz CT molecular complexity index is 390. The number of hydrogen-bond acceptors (Lipinski definition) is 2. The lowest BCUT2D eigenvalue weighted by atomic mass is 9.98. The number of alkyl halides is 3. The quantitative estimate of drug-likeness (QED) is 0.879. The van der Waals surface area contributed by atoms with E-state index in [1.165, 1.54) is 0 Å². The molecule has 0 saturated carbocycles. The Hall–Kier alpha value is -1.07. The molecule has 0 amide bonds. The van der Waals surface area contributed by atoms with E-state index < -0.39 is 12.8 Å². The van der Waals surface area contributed by atoms with Crippen LogP contribution in [0.2, 0.25) is 0 Å². The second-order valence-corrected chi connectivity index (χ2v) is 4.26. The molecule has 1 unspecified atom stereocenters. The predicted molar refractivity (Wildman–Crippen MR) is 64.6 cm³/mol. The molecular formula is C13H18F3NO. The van der Waals surface area contributed by atoms with Gasteiger partial charge in [-0.25, -0.2) is 0 Å². The van der Waals surface area contributed by atoms with Crippen molar-refractivity contribution in [2.24, 2.45) is 0 Å². The smallest absolute Gasteiger partial charge is 0.370 e. The van der Waals surface area contributed by atoms with Crippen LogP contribution in [0.1, 0.15) is 22.7 Å². The predicted octanol–water partition coefficient (Wildman–Crippen LogP) is 3.14. The topological polar surface area (TPSA) is 21.3 Å². The number of halogens is 3. The summed E-state index contributed by atoms with van der Waals surface area (Å²) in [6, 6.07) is 5.54. The molecule has 0 aromatic heterocycles. The van der Waals surface area contributed by atoms with E-state index in [1.54, 1.807) is 7.05 Å². The minimum atomic E-state index is -4.28. The van der Waals surface area contributed by atoms with Gasteiger partial charge >= 0.3 is 6.18 Å². The molecule has 1 N–H and O–H groups in total. The lowest BCUT2D eigenvalue weighted by Gasteiger charge is -2.20. The summed E-state index contributed by atoms with van der Waals surface area (Å²) in [7, 11) is 1.71. The van der Waals surface area contributed by atoms with Gasteiger partial charge in [-0.15, -0.1) is 0 Å². The molecule has 5 heteroatoms. The van der Waals surface area contributed by atoms with Gasteiger partial charge in [-0.1, -0.05) is 18.2 Å². The van der Waals surface area contributed by atoms with Gasteiger partial charge in [0.1, 0.15) is 6.61 Å². The van der Waals surface area contributed by atoms with Crippen molar-refractivity contribution in [1.82, 2.24) is 5.32 Å². The highest BCUT2D eigenvalue weighted by Crippen LogP contribution is 2.22. The SMILES string of the molecule is CNC(COCC(F)(F)F)c1cccc(C)c1C. The third kappa shape index (κ3) is 4.31. The van der Waals surface area contributed by atoms with E-state index in [9.17, 15) is 13.2 Å². The van der Waals surface area contributed by atoms with E-state index >= 15 is 0 Å². The highest BCUT2D eigenvalue weighted by molar-refractivity contribution is 5.35. The van der Waals surface area contributed by atoms with Gasteiger partial charge in [-0.05, 0) is 37.6 Å². The average Bonchev–Trinajstić information content (AvgIpc) is 2.27. The number of ether oxygens (including phenoxy) is 1. The molecule has 0 aliphatic heterocycles. The van der Waals surface area contributed by atoms with Crippen molar-refractivity contribution in [1.29, 1.82) is 0 Å². The summed E-state index contributed by atoms with van der Waals surface area (Å²) in [6.45, 7) is 2.72. The minimum absolute atomic E-state index is 0.000301. The van der Waals surface area contributed by atoms with Gasteiger partial charge in [0.15, 0.2) is 0 Å². The fraction of sp³-hybridized carbons (Fsp3) is 0.538. The number of hydrogen-bond donors (Lipinski definition) is 1. The van der Waals surface area contributed by atoms with Gasteiger partial charge in [0.25, 0.3) is 0 Å². The second kappa shape index (κ2) is 6.20. The maximum Gasteiger partial charge on any atom is 0.411 e. The fourth-order valence-electron chi connectivity index (χ4n) is 1.77. The Morgan fingerprint density at radius 1 is 1.28 bits per heavy atom. The summed E-state index contributed by atoms with van der Waals surface area (Å²) in [5.41, 5.74) is 3.16. The van der Waals surface area contributed by atoms with Crippen molar-refractivity contribution in [3.8, 4) is 0 Å². The summed E-state index contributed by atoms with van der Waals surface area (Å²) in [4.78, 5) is 0. The average molecular weight is 261 g/mol. The molecule has 0 aliphatic carbocycles. The molecule has 102 valence electrons. The molecule has 0 fully saturated rings. The van der Waals surface area contributed by atoms with Gasteiger partial charge < -0.3 is 10.1 Å². The molecule has 0 bridgehead atoms. The Kier molecular flexibility index (Phi) is 5.16. The van der Waals surface area contributed by atoms with E-state index in [0.717, 1.165) is 16.7 Å². The van der Waals surface area contributed by atoms with Crippen LogP contribution in [-0.2, 0) is 4.74 Å². The third-order valence-electron chi connectivity index (χ3n) is 2.92. The zero-order chi connectivity index (χ0) is 13.8. The van der Waals surface area contributed by atoms with E-state index in [0.29, 0.717) is 0 Å². The van der Waals surface area contributed by atoms with E-state index in [2.05, 4.69) is 5.32 Å². The molecule has 1 rings (SSSR count). The monoisotopic (exact) mass is 261 g/mol. The maximum absolute atomic E-state index is 12.0. The summed E-state index contributed by atoms with van der Waals surface area (Å²) in [5.74, 6) is 0. The van der Waals surface area contributed by atoms with Gasteiger partial charge in [0.05, 0.1) is 12.6 Å². The number of aryl methyl sites for hydroxylation is 1. The molecule has 0 spiro atoms. The van der Waals surface area contributed by atoms with Crippen molar-refractivity contribution >= 4 is 0 Å². The van der Waals surface area contributed by atoms with Crippen LogP contribution in [0.5, 0.6) is 0 Å². The first-order chi connectivity index (χ1) is 8.35. The molecule has 0 heterocycles. The Morgan fingerprint density at radius 2 is 1.94 bits per heavy atom. The molecule has 1 atom stereocenters. The molecule has 0 aliphatic rings. The molecule has 1 aromatic rings. The Balaban J connectivity index is 2.69. The first-order valence-corrected chi connectivity index (χ1v) is 5.73. The third-order valence-corrected chi connectivity index (χ3v) is 2.92. The minimum Gasteiger partial charge on any atom is -0.370 e. The van der Waals surface area contributed by atoms with E-state index in [-0.39, 0.29) is 12.6 Å². The lowest BCUT2D eigenvalue weighted by molar-refractivity contribution is -0.175. The molecular weight excluding hydrogens is 243 g/mol. The van der Waals surface area contributed by atoms with E-state index in [4.69, 9.17) is 4.74 Å². The van der Waals surface area contributed by atoms with Crippen LogP contribution >= 0.6 is 0 Å². The van der Waals surface area contributed by atoms with E-state index in [1.807, 2.05) is 32.0 Å².